The first kappa shape index (κ1) is 15.4. The zero-order valence-corrected chi connectivity index (χ0v) is 12.7. The highest BCUT2D eigenvalue weighted by atomic mass is 19.1. The molecule has 114 valence electrons. The van der Waals surface area contributed by atoms with Gasteiger partial charge in [0.25, 0.3) is 0 Å². The van der Waals surface area contributed by atoms with Gasteiger partial charge in [-0.25, -0.2) is 14.4 Å². The molecule has 0 fully saturated rings. The topological polar surface area (TPSA) is 65.6 Å². The normalized spacial score (nSPS) is 11.6. The van der Waals surface area contributed by atoms with Crippen molar-refractivity contribution >= 4 is 5.82 Å². The Balaban J connectivity index is 1.93. The van der Waals surface area contributed by atoms with Gasteiger partial charge in [0, 0.05) is 49.2 Å². The summed E-state index contributed by atoms with van der Waals surface area (Å²) in [5.74, 6) is 0.858. The quantitative estimate of drug-likeness (QED) is 0.765. The summed E-state index contributed by atoms with van der Waals surface area (Å²) in [5.41, 5.74) is 0.559. The maximum atomic E-state index is 14.3. The van der Waals surface area contributed by atoms with E-state index in [1.54, 1.807) is 24.7 Å². The van der Waals surface area contributed by atoms with Crippen LogP contribution in [0.15, 0.2) is 24.7 Å². The van der Waals surface area contributed by atoms with Crippen molar-refractivity contribution in [2.24, 2.45) is 0 Å². The molecule has 0 aliphatic rings. The van der Waals surface area contributed by atoms with E-state index in [1.807, 2.05) is 0 Å². The average molecular weight is 291 g/mol. The summed E-state index contributed by atoms with van der Waals surface area (Å²) in [6.45, 7) is 7.20. The van der Waals surface area contributed by atoms with Crippen LogP contribution < -0.4 is 10.6 Å². The summed E-state index contributed by atoms with van der Waals surface area (Å²) in [4.78, 5) is 11.2. The molecule has 0 aliphatic carbocycles. The Morgan fingerprint density at radius 2 is 2.05 bits per heavy atom. The molecular weight excluding hydrogens is 269 g/mol. The number of H-pyrrole nitrogens is 1. The van der Waals surface area contributed by atoms with E-state index in [-0.39, 0.29) is 17.2 Å². The molecule has 3 N–H and O–H groups in total. The fraction of sp³-hybridized carbons (Fsp3) is 0.467. The highest BCUT2D eigenvalue weighted by molar-refractivity contribution is 5.40. The molecule has 0 spiro atoms. The maximum absolute atomic E-state index is 14.3. The predicted molar refractivity (Wildman–Crippen MR) is 81.6 cm³/mol. The third-order valence-corrected chi connectivity index (χ3v) is 2.99. The Bertz CT molecular complexity index is 560. The number of nitrogens with one attached hydrogen (secondary N) is 3. The molecule has 0 aliphatic heterocycles. The van der Waals surface area contributed by atoms with Crippen molar-refractivity contribution in [1.29, 1.82) is 0 Å². The van der Waals surface area contributed by atoms with Crippen LogP contribution in [0.5, 0.6) is 0 Å². The van der Waals surface area contributed by atoms with Crippen molar-refractivity contribution in [2.45, 2.75) is 39.3 Å². The van der Waals surface area contributed by atoms with Gasteiger partial charge in [-0.05, 0) is 26.8 Å². The summed E-state index contributed by atoms with van der Waals surface area (Å²) < 4.78 is 14.3. The van der Waals surface area contributed by atoms with Gasteiger partial charge in [-0.3, -0.25) is 0 Å². The lowest BCUT2D eigenvalue weighted by Gasteiger charge is -2.21. The van der Waals surface area contributed by atoms with E-state index in [0.29, 0.717) is 25.1 Å². The van der Waals surface area contributed by atoms with E-state index < -0.39 is 0 Å². The molecule has 5 nitrogen and oxygen atoms in total. The van der Waals surface area contributed by atoms with Gasteiger partial charge in [-0.1, -0.05) is 0 Å². The molecule has 2 rings (SSSR count). The van der Waals surface area contributed by atoms with Crippen molar-refractivity contribution in [2.75, 3.05) is 11.9 Å². The van der Waals surface area contributed by atoms with Crippen LogP contribution in [0.4, 0.5) is 10.2 Å². The third-order valence-electron chi connectivity index (χ3n) is 2.99. The maximum Gasteiger partial charge on any atom is 0.169 e. The smallest absolute Gasteiger partial charge is 0.169 e. The van der Waals surface area contributed by atoms with Gasteiger partial charge >= 0.3 is 0 Å². The number of aromatic nitrogens is 3. The highest BCUT2D eigenvalue weighted by Crippen LogP contribution is 2.16. The predicted octanol–water partition coefficient (Wildman–Crippen LogP) is 2.49. The Labute approximate surface area is 124 Å². The van der Waals surface area contributed by atoms with E-state index in [1.165, 1.54) is 0 Å². The molecule has 2 aromatic heterocycles. The lowest BCUT2D eigenvalue weighted by Crippen LogP contribution is -2.35. The molecule has 0 aromatic carbocycles. The standard InChI is InChI=1S/C15H22FN5/c1-15(2,3)21-10-11-4-6-19-14(13(11)16)20-7-5-12-17-8-9-18-12/h4,6,8-9,21H,5,7,10H2,1-3H3,(H,17,18)(H,19,20). The summed E-state index contributed by atoms with van der Waals surface area (Å²) in [6, 6.07) is 1.70. The van der Waals surface area contributed by atoms with Crippen LogP contribution in [0.3, 0.4) is 0 Å². The molecule has 0 atom stereocenters. The van der Waals surface area contributed by atoms with Crippen molar-refractivity contribution < 1.29 is 4.39 Å². The number of nitrogens with zero attached hydrogens (tertiary/aromatic N) is 2. The second-order valence-corrected chi connectivity index (χ2v) is 5.95. The summed E-state index contributed by atoms with van der Waals surface area (Å²) in [7, 11) is 0. The van der Waals surface area contributed by atoms with Crippen LogP contribution in [0, 0.1) is 5.82 Å². The monoisotopic (exact) mass is 291 g/mol. The minimum atomic E-state index is -0.298. The van der Waals surface area contributed by atoms with Crippen molar-refractivity contribution in [3.63, 3.8) is 0 Å². The Hall–Kier alpha value is -1.95. The van der Waals surface area contributed by atoms with Crippen molar-refractivity contribution in [1.82, 2.24) is 20.3 Å². The van der Waals surface area contributed by atoms with Gasteiger partial charge in [-0.15, -0.1) is 0 Å². The van der Waals surface area contributed by atoms with E-state index in [0.717, 1.165) is 5.82 Å². The van der Waals surface area contributed by atoms with Crippen LogP contribution in [-0.4, -0.2) is 27.0 Å². The van der Waals surface area contributed by atoms with Crippen LogP contribution in [0.25, 0.3) is 0 Å². The molecule has 2 heterocycles. The van der Waals surface area contributed by atoms with Crippen LogP contribution in [0.1, 0.15) is 32.2 Å². The van der Waals surface area contributed by atoms with Crippen molar-refractivity contribution in [3.8, 4) is 0 Å². The largest absolute Gasteiger partial charge is 0.367 e. The molecule has 0 bridgehead atoms. The molecule has 0 amide bonds. The van der Waals surface area contributed by atoms with E-state index in [9.17, 15) is 4.39 Å². The van der Waals surface area contributed by atoms with E-state index in [2.05, 4.69) is 46.4 Å². The Morgan fingerprint density at radius 1 is 1.24 bits per heavy atom. The van der Waals surface area contributed by atoms with Gasteiger partial charge < -0.3 is 15.6 Å². The number of anilines is 1. The first-order valence-corrected chi connectivity index (χ1v) is 7.06. The van der Waals surface area contributed by atoms with Gasteiger partial charge in [0.2, 0.25) is 0 Å². The molecule has 6 heteroatoms. The van der Waals surface area contributed by atoms with Gasteiger partial charge in [0.1, 0.15) is 5.82 Å². The molecular formula is C15H22FN5. The molecule has 0 saturated heterocycles. The van der Waals surface area contributed by atoms with E-state index in [4.69, 9.17) is 0 Å². The van der Waals surface area contributed by atoms with Crippen LogP contribution in [0.2, 0.25) is 0 Å². The molecule has 2 aromatic rings. The lowest BCUT2D eigenvalue weighted by molar-refractivity contribution is 0.418. The second-order valence-electron chi connectivity index (χ2n) is 5.95. The minimum absolute atomic E-state index is 0.0530. The summed E-state index contributed by atoms with van der Waals surface area (Å²) >= 11 is 0. The number of aromatic amines is 1. The number of halogens is 1. The zero-order valence-electron chi connectivity index (χ0n) is 12.7. The van der Waals surface area contributed by atoms with Gasteiger partial charge in [-0.2, -0.15) is 0 Å². The fourth-order valence-electron chi connectivity index (χ4n) is 1.84. The third kappa shape index (κ3) is 4.82. The number of hydrogen-bond acceptors (Lipinski definition) is 4. The number of rotatable bonds is 6. The van der Waals surface area contributed by atoms with E-state index >= 15 is 0 Å². The molecule has 0 saturated carbocycles. The summed E-state index contributed by atoms with van der Waals surface area (Å²) in [5, 5.41) is 6.29. The second kappa shape index (κ2) is 6.67. The highest BCUT2D eigenvalue weighted by Gasteiger charge is 2.13. The average Bonchev–Trinajstić information content (AvgIpc) is 2.91. The van der Waals surface area contributed by atoms with Crippen molar-refractivity contribution in [3.05, 3.63) is 41.9 Å². The molecule has 21 heavy (non-hydrogen) atoms. The Morgan fingerprint density at radius 3 is 2.71 bits per heavy atom. The minimum Gasteiger partial charge on any atom is -0.367 e. The van der Waals surface area contributed by atoms with Crippen LogP contribution in [-0.2, 0) is 13.0 Å². The molecule has 0 unspecified atom stereocenters. The lowest BCUT2D eigenvalue weighted by atomic mass is 10.1. The zero-order chi connectivity index (χ0) is 15.3. The summed E-state index contributed by atoms with van der Waals surface area (Å²) in [6.07, 6.45) is 5.79. The van der Waals surface area contributed by atoms with Gasteiger partial charge in [0.15, 0.2) is 11.6 Å². The number of pyridine rings is 1. The van der Waals surface area contributed by atoms with Crippen LogP contribution >= 0.6 is 0 Å². The molecule has 0 radical (unpaired) electrons. The first-order chi connectivity index (χ1) is 9.96. The number of hydrogen-bond donors (Lipinski definition) is 3. The first-order valence-electron chi connectivity index (χ1n) is 7.06. The Kier molecular flexibility index (Phi) is 4.90. The number of imidazole rings is 1. The fourth-order valence-corrected chi connectivity index (χ4v) is 1.84. The van der Waals surface area contributed by atoms with Gasteiger partial charge in [0.05, 0.1) is 0 Å². The SMILES string of the molecule is CC(C)(C)NCc1ccnc(NCCc2ncc[nH]2)c1F.